The van der Waals surface area contributed by atoms with E-state index in [4.69, 9.17) is 23.7 Å². The minimum atomic E-state index is -1.16. The number of carbonyl (C=O) groups excluding carboxylic acids is 4. The molecule has 10 heteroatoms. The Bertz CT molecular complexity index is 506. The van der Waals surface area contributed by atoms with E-state index in [0.717, 1.165) is 20.8 Å². The summed E-state index contributed by atoms with van der Waals surface area (Å²) in [7, 11) is 0. The molecule has 0 aromatic heterocycles. The molecule has 9 nitrogen and oxygen atoms in total. The van der Waals surface area contributed by atoms with Gasteiger partial charge >= 0.3 is 23.9 Å². The van der Waals surface area contributed by atoms with Crippen molar-refractivity contribution in [1.82, 2.24) is 0 Å². The van der Waals surface area contributed by atoms with E-state index in [9.17, 15) is 19.2 Å². The zero-order valence-corrected chi connectivity index (χ0v) is 14.6. The normalized spacial score (nSPS) is 29.3. The van der Waals surface area contributed by atoms with E-state index in [-0.39, 0.29) is 6.61 Å². The molecule has 1 aliphatic heterocycles. The van der Waals surface area contributed by atoms with E-state index in [1.54, 1.807) is 0 Å². The van der Waals surface area contributed by atoms with Crippen LogP contribution < -0.4 is 0 Å². The Morgan fingerprint density at radius 2 is 1.25 bits per heavy atom. The van der Waals surface area contributed by atoms with Crippen molar-refractivity contribution in [3.8, 4) is 0 Å². The Hall–Kier alpha value is -1.81. The summed E-state index contributed by atoms with van der Waals surface area (Å²) in [5.74, 6) is -2.57. The Labute approximate surface area is 144 Å². The molecular formula is C14H20O9S. The number of ether oxygens (including phenoxy) is 5. The van der Waals surface area contributed by atoms with Crippen LogP contribution in [0.3, 0.4) is 0 Å². The van der Waals surface area contributed by atoms with Crippen molar-refractivity contribution in [2.75, 3.05) is 6.61 Å². The maximum Gasteiger partial charge on any atom is 0.303 e. The van der Waals surface area contributed by atoms with Gasteiger partial charge in [0.2, 0.25) is 0 Å². The van der Waals surface area contributed by atoms with Crippen LogP contribution >= 0.6 is 12.6 Å². The van der Waals surface area contributed by atoms with Crippen molar-refractivity contribution < 1.29 is 42.9 Å². The fourth-order valence-corrected chi connectivity index (χ4v) is 2.59. The fourth-order valence-electron chi connectivity index (χ4n) is 2.21. The molecule has 0 amide bonds. The first-order valence-electron chi connectivity index (χ1n) is 7.10. The van der Waals surface area contributed by atoms with Gasteiger partial charge in [-0.1, -0.05) is 0 Å². The third kappa shape index (κ3) is 6.00. The third-order valence-electron chi connectivity index (χ3n) is 2.97. The maximum atomic E-state index is 11.4. The molecule has 0 aromatic rings. The Kier molecular flexibility index (Phi) is 7.49. The van der Waals surface area contributed by atoms with Gasteiger partial charge in [0.15, 0.2) is 18.3 Å². The number of hydrogen-bond donors (Lipinski definition) is 1. The number of esters is 4. The van der Waals surface area contributed by atoms with Gasteiger partial charge in [-0.3, -0.25) is 19.2 Å². The van der Waals surface area contributed by atoms with Crippen molar-refractivity contribution in [2.24, 2.45) is 0 Å². The van der Waals surface area contributed by atoms with Gasteiger partial charge in [-0.2, -0.15) is 0 Å². The lowest BCUT2D eigenvalue weighted by Gasteiger charge is -2.42. The first-order valence-corrected chi connectivity index (χ1v) is 7.62. The molecule has 1 rings (SSSR count). The summed E-state index contributed by atoms with van der Waals surface area (Å²) in [4.78, 5) is 45.1. The van der Waals surface area contributed by atoms with Gasteiger partial charge in [0.1, 0.15) is 18.1 Å². The highest BCUT2D eigenvalue weighted by Crippen LogP contribution is 2.30. The Morgan fingerprint density at radius 3 is 1.71 bits per heavy atom. The lowest BCUT2D eigenvalue weighted by atomic mass is 9.99. The second-order valence-corrected chi connectivity index (χ2v) is 5.60. The quantitative estimate of drug-likeness (QED) is 0.409. The molecule has 0 bridgehead atoms. The van der Waals surface area contributed by atoms with Crippen LogP contribution in [0.4, 0.5) is 0 Å². The summed E-state index contributed by atoms with van der Waals surface area (Å²) in [5, 5.41) is 0. The molecule has 0 saturated carbocycles. The van der Waals surface area contributed by atoms with Crippen LogP contribution in [0.15, 0.2) is 0 Å². The van der Waals surface area contributed by atoms with Gasteiger partial charge in [-0.05, 0) is 0 Å². The molecule has 0 aromatic carbocycles. The molecular weight excluding hydrogens is 344 g/mol. The minimum absolute atomic E-state index is 0.255. The summed E-state index contributed by atoms with van der Waals surface area (Å²) < 4.78 is 25.8. The molecule has 1 heterocycles. The molecule has 5 unspecified atom stereocenters. The summed E-state index contributed by atoms with van der Waals surface area (Å²) in [6, 6.07) is 0. The molecule has 24 heavy (non-hydrogen) atoms. The zero-order valence-electron chi connectivity index (χ0n) is 13.7. The van der Waals surface area contributed by atoms with E-state index in [1.165, 1.54) is 6.92 Å². The summed E-state index contributed by atoms with van der Waals surface area (Å²) in [5.41, 5.74) is -0.981. The highest BCUT2D eigenvalue weighted by Gasteiger charge is 2.51. The van der Waals surface area contributed by atoms with Gasteiger partial charge in [-0.25, -0.2) is 0 Å². The predicted octanol–water partition coefficient (Wildman–Crippen LogP) is -0.000700. The SMILES string of the molecule is CC(=O)OCC1OC(S)C(OC(C)=O)C(OC(C)=O)C1OC(C)=O. The molecule has 0 aliphatic carbocycles. The number of thiol groups is 1. The van der Waals surface area contributed by atoms with E-state index in [0.29, 0.717) is 0 Å². The average Bonchev–Trinajstić information content (AvgIpc) is 2.42. The van der Waals surface area contributed by atoms with Gasteiger partial charge in [0.05, 0.1) is 0 Å². The zero-order chi connectivity index (χ0) is 18.4. The van der Waals surface area contributed by atoms with Gasteiger partial charge < -0.3 is 23.7 Å². The smallest absolute Gasteiger partial charge is 0.303 e. The maximum absolute atomic E-state index is 11.4. The predicted molar refractivity (Wildman–Crippen MR) is 80.9 cm³/mol. The summed E-state index contributed by atoms with van der Waals surface area (Å²) in [6.07, 6.45) is -4.35. The monoisotopic (exact) mass is 364 g/mol. The third-order valence-corrected chi connectivity index (χ3v) is 3.38. The van der Waals surface area contributed by atoms with Crippen LogP contribution in [-0.4, -0.2) is 60.3 Å². The average molecular weight is 364 g/mol. The van der Waals surface area contributed by atoms with Gasteiger partial charge in [0.25, 0.3) is 0 Å². The molecule has 136 valence electrons. The minimum Gasteiger partial charge on any atom is -0.463 e. The Morgan fingerprint density at radius 1 is 0.792 bits per heavy atom. The first kappa shape index (κ1) is 20.2. The number of carbonyl (C=O) groups is 4. The van der Waals surface area contributed by atoms with Crippen molar-refractivity contribution in [3.63, 3.8) is 0 Å². The van der Waals surface area contributed by atoms with Crippen LogP contribution in [0.2, 0.25) is 0 Å². The topological polar surface area (TPSA) is 114 Å². The summed E-state index contributed by atoms with van der Waals surface area (Å²) >= 11 is 4.18. The van der Waals surface area contributed by atoms with Crippen molar-refractivity contribution in [1.29, 1.82) is 0 Å². The molecule has 1 aliphatic rings. The second kappa shape index (κ2) is 8.88. The van der Waals surface area contributed by atoms with E-state index < -0.39 is 53.7 Å². The fraction of sp³-hybridized carbons (Fsp3) is 0.714. The number of rotatable bonds is 5. The molecule has 5 atom stereocenters. The van der Waals surface area contributed by atoms with Gasteiger partial charge in [-0.15, -0.1) is 12.6 Å². The van der Waals surface area contributed by atoms with Gasteiger partial charge in [0, 0.05) is 27.7 Å². The Balaban J connectivity index is 3.11. The largest absolute Gasteiger partial charge is 0.463 e. The molecule has 0 N–H and O–H groups in total. The molecule has 0 radical (unpaired) electrons. The highest BCUT2D eigenvalue weighted by atomic mass is 32.1. The van der Waals surface area contributed by atoms with E-state index >= 15 is 0 Å². The molecule has 0 spiro atoms. The van der Waals surface area contributed by atoms with E-state index in [2.05, 4.69) is 12.6 Å². The lowest BCUT2D eigenvalue weighted by Crippen LogP contribution is -2.61. The van der Waals surface area contributed by atoms with Crippen LogP contribution in [0, 0.1) is 0 Å². The van der Waals surface area contributed by atoms with Crippen molar-refractivity contribution in [3.05, 3.63) is 0 Å². The molecule has 1 fully saturated rings. The highest BCUT2D eigenvalue weighted by molar-refractivity contribution is 7.80. The van der Waals surface area contributed by atoms with Crippen LogP contribution in [-0.2, 0) is 42.9 Å². The summed E-state index contributed by atoms with van der Waals surface area (Å²) in [6.45, 7) is 4.42. The second-order valence-electron chi connectivity index (χ2n) is 5.09. The first-order chi connectivity index (χ1) is 11.1. The van der Waals surface area contributed by atoms with Crippen LogP contribution in [0.5, 0.6) is 0 Å². The number of hydrogen-bond acceptors (Lipinski definition) is 10. The van der Waals surface area contributed by atoms with E-state index in [1.807, 2.05) is 0 Å². The standard InChI is InChI=1S/C14H20O9S/c1-6(15)19-5-10-11(20-7(2)16)12(21-8(3)17)13(14(24)23-10)22-9(4)18/h10-14,24H,5H2,1-4H3. The lowest BCUT2D eigenvalue weighted by molar-refractivity contribution is -0.237. The van der Waals surface area contributed by atoms with Crippen LogP contribution in [0.1, 0.15) is 27.7 Å². The molecule has 1 saturated heterocycles. The van der Waals surface area contributed by atoms with Crippen LogP contribution in [0.25, 0.3) is 0 Å². The van der Waals surface area contributed by atoms with Crippen molar-refractivity contribution >= 4 is 36.5 Å². The van der Waals surface area contributed by atoms with Crippen molar-refractivity contribution in [2.45, 2.75) is 57.5 Å².